The van der Waals surface area contributed by atoms with E-state index in [1.54, 1.807) is 19.4 Å². The predicted molar refractivity (Wildman–Crippen MR) is 97.4 cm³/mol. The van der Waals surface area contributed by atoms with E-state index in [2.05, 4.69) is 15.0 Å². The van der Waals surface area contributed by atoms with E-state index in [9.17, 15) is 4.79 Å². The van der Waals surface area contributed by atoms with Gasteiger partial charge < -0.3 is 4.74 Å². The number of aryl methyl sites for hydroxylation is 2. The average Bonchev–Trinajstić information content (AvgIpc) is 3.04. The lowest BCUT2D eigenvalue weighted by molar-refractivity contribution is 0.111. The van der Waals surface area contributed by atoms with Crippen molar-refractivity contribution in [1.29, 1.82) is 0 Å². The molecule has 4 rings (SSSR count). The highest BCUT2D eigenvalue weighted by Gasteiger charge is 2.15. The maximum Gasteiger partial charge on any atom is 0.232 e. The van der Waals surface area contributed by atoms with E-state index in [1.165, 1.54) is 11.3 Å². The van der Waals surface area contributed by atoms with Gasteiger partial charge in [0.15, 0.2) is 6.29 Å². The van der Waals surface area contributed by atoms with Gasteiger partial charge in [-0.05, 0) is 43.2 Å². The molecule has 3 aromatic heterocycles. The molecule has 0 aliphatic heterocycles. The van der Waals surface area contributed by atoms with Crippen molar-refractivity contribution in [3.63, 3.8) is 0 Å². The monoisotopic (exact) mass is 350 g/mol. The standard InChI is InChI=1S/C18H14N4O2S/c1-9-4-12(16-13(5-9)21-14(24-3)7-19-16)17-22-15-10(2)6-11(8-23)20-18(15)25-17/h4-8H,1-3H3. The van der Waals surface area contributed by atoms with Crippen LogP contribution in [0.5, 0.6) is 5.88 Å². The molecule has 0 saturated carbocycles. The van der Waals surface area contributed by atoms with Crippen molar-refractivity contribution in [3.05, 3.63) is 41.2 Å². The van der Waals surface area contributed by atoms with Gasteiger partial charge >= 0.3 is 0 Å². The number of hydrogen-bond donors (Lipinski definition) is 0. The third kappa shape index (κ3) is 2.62. The van der Waals surface area contributed by atoms with Crippen LogP contribution in [0.3, 0.4) is 0 Å². The van der Waals surface area contributed by atoms with Gasteiger partial charge in [0.05, 0.1) is 24.3 Å². The molecular weight excluding hydrogens is 336 g/mol. The minimum Gasteiger partial charge on any atom is -0.480 e. The number of nitrogens with zero attached hydrogens (tertiary/aromatic N) is 4. The lowest BCUT2D eigenvalue weighted by Gasteiger charge is -2.06. The van der Waals surface area contributed by atoms with Gasteiger partial charge in [-0.15, -0.1) is 0 Å². The number of hydrogen-bond acceptors (Lipinski definition) is 7. The van der Waals surface area contributed by atoms with Gasteiger partial charge in [0, 0.05) is 5.56 Å². The highest BCUT2D eigenvalue weighted by molar-refractivity contribution is 7.21. The highest BCUT2D eigenvalue weighted by atomic mass is 32.1. The number of thiazole rings is 1. The molecule has 3 heterocycles. The molecule has 0 unspecified atom stereocenters. The predicted octanol–water partition coefficient (Wildman–Crippen LogP) is 3.74. The Kier molecular flexibility index (Phi) is 3.65. The fourth-order valence-electron chi connectivity index (χ4n) is 2.77. The van der Waals surface area contributed by atoms with Crippen LogP contribution < -0.4 is 4.74 Å². The van der Waals surface area contributed by atoms with Gasteiger partial charge in [-0.25, -0.2) is 19.9 Å². The van der Waals surface area contributed by atoms with E-state index >= 15 is 0 Å². The summed E-state index contributed by atoms with van der Waals surface area (Å²) < 4.78 is 5.17. The van der Waals surface area contributed by atoms with Gasteiger partial charge in [-0.1, -0.05) is 11.3 Å². The van der Waals surface area contributed by atoms with E-state index in [-0.39, 0.29) is 0 Å². The van der Waals surface area contributed by atoms with Gasteiger partial charge in [0.1, 0.15) is 21.0 Å². The fraction of sp³-hybridized carbons (Fsp3) is 0.167. The van der Waals surface area contributed by atoms with Crippen LogP contribution in [0, 0.1) is 13.8 Å². The number of fused-ring (bicyclic) bond motifs is 2. The second-order valence-electron chi connectivity index (χ2n) is 5.75. The molecule has 0 amide bonds. The summed E-state index contributed by atoms with van der Waals surface area (Å²) in [7, 11) is 1.57. The van der Waals surface area contributed by atoms with Crippen LogP contribution in [0.15, 0.2) is 24.4 Å². The molecule has 0 bridgehead atoms. The number of aromatic nitrogens is 4. The lowest BCUT2D eigenvalue weighted by Crippen LogP contribution is -1.93. The Balaban J connectivity index is 1.99. The molecule has 0 aliphatic rings. The average molecular weight is 350 g/mol. The number of benzene rings is 1. The van der Waals surface area contributed by atoms with Crippen LogP contribution >= 0.6 is 11.3 Å². The van der Waals surface area contributed by atoms with Crippen LogP contribution in [-0.2, 0) is 0 Å². The molecule has 0 radical (unpaired) electrons. The number of pyridine rings is 1. The van der Waals surface area contributed by atoms with E-state index in [1.807, 2.05) is 26.0 Å². The smallest absolute Gasteiger partial charge is 0.232 e. The molecule has 0 saturated heterocycles. The molecule has 7 heteroatoms. The molecule has 25 heavy (non-hydrogen) atoms. The molecule has 124 valence electrons. The first kappa shape index (κ1) is 15.6. The molecule has 1 aromatic carbocycles. The molecule has 0 fully saturated rings. The topological polar surface area (TPSA) is 77.9 Å². The van der Waals surface area contributed by atoms with Crippen molar-refractivity contribution in [2.45, 2.75) is 13.8 Å². The maximum absolute atomic E-state index is 11.1. The molecule has 0 N–H and O–H groups in total. The highest BCUT2D eigenvalue weighted by Crippen LogP contribution is 2.35. The third-order valence-electron chi connectivity index (χ3n) is 3.91. The molecule has 6 nitrogen and oxygen atoms in total. The zero-order chi connectivity index (χ0) is 17.6. The first-order chi connectivity index (χ1) is 12.1. The van der Waals surface area contributed by atoms with E-state index < -0.39 is 0 Å². The summed E-state index contributed by atoms with van der Waals surface area (Å²) in [4.78, 5) is 29.9. The minimum absolute atomic E-state index is 0.416. The van der Waals surface area contributed by atoms with E-state index in [4.69, 9.17) is 9.72 Å². The van der Waals surface area contributed by atoms with E-state index in [0.717, 1.165) is 49.4 Å². The normalized spacial score (nSPS) is 11.2. The second-order valence-corrected chi connectivity index (χ2v) is 6.72. The summed E-state index contributed by atoms with van der Waals surface area (Å²) in [5, 5.41) is 0.807. The molecule has 0 spiro atoms. The van der Waals surface area contributed by atoms with Crippen molar-refractivity contribution < 1.29 is 9.53 Å². The Bertz CT molecular complexity index is 1140. The molecular formula is C18H14N4O2S. The minimum atomic E-state index is 0.416. The number of rotatable bonds is 3. The summed E-state index contributed by atoms with van der Waals surface area (Å²) in [6.45, 7) is 3.94. The first-order valence-electron chi connectivity index (χ1n) is 7.64. The molecule has 4 aromatic rings. The van der Waals surface area contributed by atoms with Crippen LogP contribution in [0.1, 0.15) is 21.6 Å². The summed E-state index contributed by atoms with van der Waals surface area (Å²) in [6.07, 6.45) is 2.36. The summed E-state index contributed by atoms with van der Waals surface area (Å²) in [6, 6.07) is 5.75. The maximum atomic E-state index is 11.1. The Hall–Kier alpha value is -2.93. The molecule has 0 atom stereocenters. The number of aldehydes is 1. The Morgan fingerprint density at radius 3 is 2.68 bits per heavy atom. The SMILES string of the molecule is COc1cnc2c(-c3nc4c(C)cc(C=O)nc4s3)cc(C)cc2n1. The zero-order valence-electron chi connectivity index (χ0n) is 13.9. The van der Waals surface area contributed by atoms with E-state index in [0.29, 0.717) is 11.6 Å². The van der Waals surface area contributed by atoms with Crippen molar-refractivity contribution in [2.75, 3.05) is 7.11 Å². The summed E-state index contributed by atoms with van der Waals surface area (Å²) >= 11 is 1.45. The Labute approximate surface area is 147 Å². The number of carbonyl (C=O) groups is 1. The van der Waals surface area contributed by atoms with Crippen LogP contribution in [-0.4, -0.2) is 33.3 Å². The zero-order valence-corrected chi connectivity index (χ0v) is 14.7. The van der Waals surface area contributed by atoms with Gasteiger partial charge in [0.2, 0.25) is 5.88 Å². The van der Waals surface area contributed by atoms with Gasteiger partial charge in [-0.2, -0.15) is 0 Å². The quantitative estimate of drug-likeness (QED) is 0.524. The first-order valence-corrected chi connectivity index (χ1v) is 8.46. The second kappa shape index (κ2) is 5.86. The third-order valence-corrected chi connectivity index (χ3v) is 4.89. The van der Waals surface area contributed by atoms with Crippen LogP contribution in [0.25, 0.3) is 32.0 Å². The fourth-order valence-corrected chi connectivity index (χ4v) is 3.81. The lowest BCUT2D eigenvalue weighted by atomic mass is 10.1. The van der Waals surface area contributed by atoms with Gasteiger partial charge in [-0.3, -0.25) is 4.79 Å². The Morgan fingerprint density at radius 1 is 1.08 bits per heavy atom. The van der Waals surface area contributed by atoms with Crippen molar-refractivity contribution in [3.8, 4) is 16.5 Å². The Morgan fingerprint density at radius 2 is 1.92 bits per heavy atom. The number of methoxy groups -OCH3 is 1. The summed E-state index contributed by atoms with van der Waals surface area (Å²) in [5.41, 5.74) is 5.63. The largest absolute Gasteiger partial charge is 0.480 e. The van der Waals surface area contributed by atoms with Crippen molar-refractivity contribution >= 4 is 39.0 Å². The summed E-state index contributed by atoms with van der Waals surface area (Å²) in [5.74, 6) is 0.474. The van der Waals surface area contributed by atoms with Crippen molar-refractivity contribution in [2.24, 2.45) is 0 Å². The van der Waals surface area contributed by atoms with Crippen LogP contribution in [0.2, 0.25) is 0 Å². The number of ether oxygens (including phenoxy) is 1. The van der Waals surface area contributed by atoms with Crippen LogP contribution in [0.4, 0.5) is 0 Å². The van der Waals surface area contributed by atoms with Crippen molar-refractivity contribution in [1.82, 2.24) is 19.9 Å². The van der Waals surface area contributed by atoms with Gasteiger partial charge in [0.25, 0.3) is 0 Å². The molecule has 0 aliphatic carbocycles. The number of carbonyl (C=O) groups excluding carboxylic acids is 1.